The molecular formula is C24H39N3O4. The number of likely N-dealkylation sites (tertiary alicyclic amines) is 1. The number of benzene rings is 1. The minimum absolute atomic E-state index is 0.259. The third kappa shape index (κ3) is 6.35. The lowest BCUT2D eigenvalue weighted by Gasteiger charge is -2.48. The van der Waals surface area contributed by atoms with Gasteiger partial charge in [0.2, 0.25) is 0 Å². The van der Waals surface area contributed by atoms with Crippen LogP contribution in [-0.2, 0) is 14.3 Å². The third-order valence-corrected chi connectivity index (χ3v) is 6.84. The molecule has 2 aliphatic rings. The van der Waals surface area contributed by atoms with Crippen molar-refractivity contribution in [3.05, 3.63) is 30.3 Å². The van der Waals surface area contributed by atoms with Gasteiger partial charge in [-0.15, -0.1) is 0 Å². The van der Waals surface area contributed by atoms with E-state index < -0.39 is 0 Å². The van der Waals surface area contributed by atoms with Gasteiger partial charge in [0.25, 0.3) is 0 Å². The molecule has 3 rings (SSSR count). The lowest BCUT2D eigenvalue weighted by Crippen LogP contribution is -2.53. The van der Waals surface area contributed by atoms with Crippen molar-refractivity contribution < 1.29 is 19.4 Å². The molecule has 7 nitrogen and oxygen atoms in total. The molecule has 1 aromatic rings. The number of nitrogens with zero attached hydrogens (tertiary/aromatic N) is 1. The van der Waals surface area contributed by atoms with Gasteiger partial charge in [-0.05, 0) is 63.6 Å². The van der Waals surface area contributed by atoms with Gasteiger partial charge in [-0.1, -0.05) is 6.58 Å². The summed E-state index contributed by atoms with van der Waals surface area (Å²) in [5.41, 5.74) is 5.30. The Morgan fingerprint density at radius 1 is 1.16 bits per heavy atom. The maximum Gasteiger partial charge on any atom is 0.138 e. The van der Waals surface area contributed by atoms with Crippen molar-refractivity contribution in [1.29, 1.82) is 0 Å². The summed E-state index contributed by atoms with van der Waals surface area (Å²) in [7, 11) is 3.27. The molecule has 1 aliphatic carbocycles. The zero-order valence-corrected chi connectivity index (χ0v) is 19.3. The molecule has 1 saturated carbocycles. The Kier molecular flexibility index (Phi) is 8.60. The van der Waals surface area contributed by atoms with Gasteiger partial charge in [-0.2, -0.15) is 0 Å². The average Bonchev–Trinajstić information content (AvgIpc) is 2.77. The summed E-state index contributed by atoms with van der Waals surface area (Å²) >= 11 is 0. The van der Waals surface area contributed by atoms with Crippen LogP contribution in [0.5, 0.6) is 5.75 Å². The van der Waals surface area contributed by atoms with Crippen molar-refractivity contribution in [3.63, 3.8) is 0 Å². The van der Waals surface area contributed by atoms with Crippen LogP contribution in [0.3, 0.4) is 0 Å². The van der Waals surface area contributed by atoms with Crippen molar-refractivity contribution in [2.24, 2.45) is 0 Å². The molecular weight excluding hydrogens is 394 g/mol. The molecule has 1 heterocycles. The fraction of sp³-hybridized carbons (Fsp3) is 0.667. The number of nitrogens with one attached hydrogen (secondary N) is 2. The Labute approximate surface area is 186 Å². The molecule has 1 aliphatic heterocycles. The van der Waals surface area contributed by atoms with Gasteiger partial charge in [0, 0.05) is 37.3 Å². The van der Waals surface area contributed by atoms with E-state index in [0.29, 0.717) is 31.1 Å². The van der Waals surface area contributed by atoms with Crippen LogP contribution in [0.2, 0.25) is 0 Å². The quantitative estimate of drug-likeness (QED) is 0.295. The van der Waals surface area contributed by atoms with E-state index in [2.05, 4.69) is 29.2 Å². The predicted molar refractivity (Wildman–Crippen MR) is 124 cm³/mol. The van der Waals surface area contributed by atoms with Crippen molar-refractivity contribution in [1.82, 2.24) is 10.4 Å². The number of piperidine rings is 1. The fourth-order valence-electron chi connectivity index (χ4n) is 4.80. The van der Waals surface area contributed by atoms with E-state index in [0.717, 1.165) is 50.0 Å². The fourth-order valence-corrected chi connectivity index (χ4v) is 4.80. The molecule has 1 aromatic carbocycles. The molecule has 0 amide bonds. The number of ether oxygens (including phenoxy) is 2. The molecule has 0 radical (unpaired) electrons. The first-order valence-electron chi connectivity index (χ1n) is 11.4. The average molecular weight is 434 g/mol. The Morgan fingerprint density at radius 3 is 2.52 bits per heavy atom. The highest BCUT2D eigenvalue weighted by Gasteiger charge is 2.38. The largest absolute Gasteiger partial charge is 0.506 e. The normalized spacial score (nSPS) is 25.3. The Balaban J connectivity index is 1.49. The molecule has 0 spiro atoms. The van der Waals surface area contributed by atoms with E-state index in [4.69, 9.17) is 14.3 Å². The zero-order valence-electron chi connectivity index (χ0n) is 19.3. The van der Waals surface area contributed by atoms with Crippen molar-refractivity contribution in [3.8, 4) is 5.75 Å². The second-order valence-electron chi connectivity index (χ2n) is 8.98. The predicted octanol–water partition coefficient (Wildman–Crippen LogP) is 3.75. The molecule has 1 saturated heterocycles. The first-order chi connectivity index (χ1) is 14.9. The number of aromatic hydroxyl groups is 1. The van der Waals surface area contributed by atoms with Crippen LogP contribution in [0.25, 0.3) is 5.70 Å². The summed E-state index contributed by atoms with van der Waals surface area (Å²) in [6.45, 7) is 9.88. The summed E-state index contributed by atoms with van der Waals surface area (Å²) in [6, 6.07) is 5.79. The van der Waals surface area contributed by atoms with Crippen molar-refractivity contribution >= 4 is 11.4 Å². The van der Waals surface area contributed by atoms with E-state index in [1.165, 1.54) is 12.8 Å². The minimum atomic E-state index is 0.259. The number of rotatable bonds is 10. The van der Waals surface area contributed by atoms with Gasteiger partial charge >= 0.3 is 0 Å². The highest BCUT2D eigenvalue weighted by molar-refractivity contribution is 5.69. The SMILES string of the molecule is C=C(NOC)c1ccc(O)c(NC2CCN(C3(C)CCC(OCCOC)CC3)CC2)c1. The van der Waals surface area contributed by atoms with Crippen LogP contribution < -0.4 is 10.8 Å². The lowest BCUT2D eigenvalue weighted by atomic mass is 9.79. The maximum atomic E-state index is 10.3. The summed E-state index contributed by atoms with van der Waals surface area (Å²) in [6.07, 6.45) is 7.10. The molecule has 0 bridgehead atoms. The smallest absolute Gasteiger partial charge is 0.138 e. The van der Waals surface area contributed by atoms with Crippen molar-refractivity contribution in [2.45, 2.75) is 63.1 Å². The summed E-state index contributed by atoms with van der Waals surface area (Å²) in [5.74, 6) is 0.259. The Hall–Kier alpha value is -1.80. The monoisotopic (exact) mass is 433 g/mol. The molecule has 0 unspecified atom stereocenters. The van der Waals surface area contributed by atoms with E-state index in [-0.39, 0.29) is 11.3 Å². The second kappa shape index (κ2) is 11.2. The molecule has 2 fully saturated rings. The summed E-state index contributed by atoms with van der Waals surface area (Å²) < 4.78 is 11.0. The van der Waals surface area contributed by atoms with Crippen LogP contribution in [0.15, 0.2) is 24.8 Å². The van der Waals surface area contributed by atoms with Gasteiger partial charge in [-0.25, -0.2) is 0 Å². The molecule has 7 heteroatoms. The first-order valence-corrected chi connectivity index (χ1v) is 11.4. The summed E-state index contributed by atoms with van der Waals surface area (Å²) in [4.78, 5) is 7.60. The Morgan fingerprint density at radius 2 is 1.87 bits per heavy atom. The first kappa shape index (κ1) is 23.9. The molecule has 0 aromatic heterocycles. The number of hydrogen-bond donors (Lipinski definition) is 3. The maximum absolute atomic E-state index is 10.3. The molecule has 0 atom stereocenters. The standard InChI is InChI=1S/C24H39N3O4/c1-18(26-30-4)19-5-6-23(28)22(17-19)25-20-9-13-27(14-10-20)24(2)11-7-21(8-12-24)31-16-15-29-3/h5-6,17,20-21,25-26,28H,1,7-16H2,2-4H3. The van der Waals surface area contributed by atoms with Crippen molar-refractivity contribution in [2.75, 3.05) is 45.8 Å². The van der Waals surface area contributed by atoms with Gasteiger partial charge < -0.3 is 19.9 Å². The Bertz CT molecular complexity index is 711. The van der Waals surface area contributed by atoms with E-state index >= 15 is 0 Å². The van der Waals surface area contributed by atoms with Crippen LogP contribution in [0.4, 0.5) is 5.69 Å². The summed E-state index contributed by atoms with van der Waals surface area (Å²) in [5, 5.41) is 13.8. The number of methoxy groups -OCH3 is 1. The highest BCUT2D eigenvalue weighted by atomic mass is 16.6. The van der Waals surface area contributed by atoms with Crippen LogP contribution in [0.1, 0.15) is 51.0 Å². The van der Waals surface area contributed by atoms with Gasteiger partial charge in [0.15, 0.2) is 0 Å². The highest BCUT2D eigenvalue weighted by Crippen LogP contribution is 2.37. The number of phenols is 1. The minimum Gasteiger partial charge on any atom is -0.506 e. The topological polar surface area (TPSA) is 75.2 Å². The zero-order chi connectivity index (χ0) is 22.3. The third-order valence-electron chi connectivity index (χ3n) is 6.84. The lowest BCUT2D eigenvalue weighted by molar-refractivity contribution is -0.0398. The number of hydrogen-bond acceptors (Lipinski definition) is 7. The number of anilines is 1. The van der Waals surface area contributed by atoms with Crippen LogP contribution >= 0.6 is 0 Å². The second-order valence-corrected chi connectivity index (χ2v) is 8.98. The number of hydroxylamine groups is 1. The van der Waals surface area contributed by atoms with Crippen LogP contribution in [0, 0.1) is 0 Å². The van der Waals surface area contributed by atoms with Gasteiger partial charge in [0.05, 0.1) is 37.8 Å². The van der Waals surface area contributed by atoms with E-state index in [1.54, 1.807) is 20.3 Å². The molecule has 3 N–H and O–H groups in total. The van der Waals surface area contributed by atoms with Crippen LogP contribution in [-0.4, -0.2) is 68.2 Å². The van der Waals surface area contributed by atoms with E-state index in [9.17, 15) is 5.11 Å². The molecule has 31 heavy (non-hydrogen) atoms. The van der Waals surface area contributed by atoms with Gasteiger partial charge in [-0.3, -0.25) is 15.2 Å². The van der Waals surface area contributed by atoms with E-state index in [1.807, 2.05) is 12.1 Å². The van der Waals surface area contributed by atoms with Gasteiger partial charge in [0.1, 0.15) is 5.75 Å². The molecule has 174 valence electrons. The number of phenolic OH excluding ortho intramolecular Hbond substituents is 1.